The highest BCUT2D eigenvalue weighted by Crippen LogP contribution is 2.40. The molecule has 0 saturated carbocycles. The van der Waals surface area contributed by atoms with Crippen LogP contribution in [0.15, 0.2) is 12.1 Å². The van der Waals surface area contributed by atoms with Gasteiger partial charge in [0.05, 0.1) is 33.0 Å². The Hall–Kier alpha value is -2.58. The van der Waals surface area contributed by atoms with Gasteiger partial charge in [-0.3, -0.25) is 0 Å². The molecule has 0 aliphatic carbocycles. The molecule has 8 nitrogen and oxygen atoms in total. The Bertz CT molecular complexity index is 810. The molecular formula is C22H32O8. The third-order valence-corrected chi connectivity index (χ3v) is 3.73. The zero-order valence-corrected chi connectivity index (χ0v) is 18.9. The molecule has 30 heavy (non-hydrogen) atoms. The SMILES string of the molecule is COc1cc(CO)c(OC)c(CO)c1/C(=C\C(=O)OC(C)(C)C)C(=O)OC(C)(C)C. The summed E-state index contributed by atoms with van der Waals surface area (Å²) in [6.45, 7) is 9.24. The van der Waals surface area contributed by atoms with E-state index < -0.39 is 29.7 Å². The molecule has 0 atom stereocenters. The lowest BCUT2D eigenvalue weighted by molar-refractivity contribution is -0.150. The number of hydrogen-bond acceptors (Lipinski definition) is 8. The van der Waals surface area contributed by atoms with Crippen molar-refractivity contribution in [2.75, 3.05) is 14.2 Å². The van der Waals surface area contributed by atoms with Gasteiger partial charge >= 0.3 is 11.9 Å². The summed E-state index contributed by atoms with van der Waals surface area (Å²) >= 11 is 0. The van der Waals surface area contributed by atoms with Crippen LogP contribution in [0.25, 0.3) is 5.57 Å². The van der Waals surface area contributed by atoms with E-state index in [4.69, 9.17) is 18.9 Å². The second-order valence-corrected chi connectivity index (χ2v) is 8.53. The van der Waals surface area contributed by atoms with Gasteiger partial charge in [0.25, 0.3) is 0 Å². The fraction of sp³-hybridized carbons (Fsp3) is 0.545. The Balaban J connectivity index is 3.83. The summed E-state index contributed by atoms with van der Waals surface area (Å²) in [6.07, 6.45) is 1.01. The summed E-state index contributed by atoms with van der Waals surface area (Å²) in [5.41, 5.74) is -1.15. The zero-order chi connectivity index (χ0) is 23.3. The number of carbonyl (C=O) groups is 2. The zero-order valence-electron chi connectivity index (χ0n) is 18.9. The molecule has 2 N–H and O–H groups in total. The van der Waals surface area contributed by atoms with Crippen molar-refractivity contribution in [2.24, 2.45) is 0 Å². The summed E-state index contributed by atoms with van der Waals surface area (Å²) in [7, 11) is 2.74. The van der Waals surface area contributed by atoms with Crippen LogP contribution in [0.3, 0.4) is 0 Å². The minimum absolute atomic E-state index is 0.120. The number of aliphatic hydroxyl groups excluding tert-OH is 2. The summed E-state index contributed by atoms with van der Waals surface area (Å²) in [4.78, 5) is 25.5. The van der Waals surface area contributed by atoms with E-state index in [0.29, 0.717) is 5.56 Å². The van der Waals surface area contributed by atoms with E-state index in [1.165, 1.54) is 20.3 Å². The maximum absolute atomic E-state index is 13.0. The van der Waals surface area contributed by atoms with Crippen LogP contribution in [0.1, 0.15) is 58.2 Å². The van der Waals surface area contributed by atoms with Gasteiger partial charge in [-0.1, -0.05) is 0 Å². The first-order chi connectivity index (χ1) is 13.8. The highest BCUT2D eigenvalue weighted by molar-refractivity contribution is 6.22. The number of esters is 2. The Morgan fingerprint density at radius 3 is 1.90 bits per heavy atom. The Morgan fingerprint density at radius 1 is 0.933 bits per heavy atom. The second-order valence-electron chi connectivity index (χ2n) is 8.53. The highest BCUT2D eigenvalue weighted by atomic mass is 16.6. The molecular weight excluding hydrogens is 392 g/mol. The van der Waals surface area contributed by atoms with Gasteiger partial charge in [-0.05, 0) is 47.6 Å². The minimum atomic E-state index is -0.841. The monoisotopic (exact) mass is 424 g/mol. The van der Waals surface area contributed by atoms with Gasteiger partial charge in [-0.25, -0.2) is 9.59 Å². The molecule has 0 spiro atoms. The number of methoxy groups -OCH3 is 2. The molecule has 0 aliphatic rings. The van der Waals surface area contributed by atoms with Crippen LogP contribution in [-0.2, 0) is 32.3 Å². The van der Waals surface area contributed by atoms with Gasteiger partial charge in [0.2, 0.25) is 0 Å². The van der Waals surface area contributed by atoms with Gasteiger partial charge in [-0.2, -0.15) is 0 Å². The lowest BCUT2D eigenvalue weighted by Crippen LogP contribution is -2.26. The van der Waals surface area contributed by atoms with E-state index in [-0.39, 0.29) is 34.8 Å². The molecule has 1 rings (SSSR count). The largest absolute Gasteiger partial charge is 0.496 e. The number of hydrogen-bond donors (Lipinski definition) is 2. The average molecular weight is 424 g/mol. The van der Waals surface area contributed by atoms with Crippen LogP contribution in [0.5, 0.6) is 11.5 Å². The van der Waals surface area contributed by atoms with Crippen molar-refractivity contribution >= 4 is 17.5 Å². The predicted octanol–water partition coefficient (Wildman–Crippen LogP) is 2.76. The maximum Gasteiger partial charge on any atom is 0.339 e. The van der Waals surface area contributed by atoms with E-state index in [2.05, 4.69) is 0 Å². The number of aliphatic hydroxyl groups is 2. The molecule has 0 saturated heterocycles. The van der Waals surface area contributed by atoms with Crippen molar-refractivity contribution < 1.29 is 38.7 Å². The molecule has 0 radical (unpaired) electrons. The Morgan fingerprint density at radius 2 is 1.50 bits per heavy atom. The molecule has 1 aromatic carbocycles. The lowest BCUT2D eigenvalue weighted by Gasteiger charge is -2.24. The first kappa shape index (κ1) is 25.5. The molecule has 1 aromatic rings. The van der Waals surface area contributed by atoms with Crippen molar-refractivity contribution in [2.45, 2.75) is 66.0 Å². The molecule has 0 fully saturated rings. The van der Waals surface area contributed by atoms with Crippen LogP contribution < -0.4 is 9.47 Å². The fourth-order valence-electron chi connectivity index (χ4n) is 2.75. The smallest absolute Gasteiger partial charge is 0.339 e. The third kappa shape index (κ3) is 6.74. The van der Waals surface area contributed by atoms with E-state index >= 15 is 0 Å². The molecule has 0 heterocycles. The topological polar surface area (TPSA) is 112 Å². The summed E-state index contributed by atoms with van der Waals surface area (Å²) in [5, 5.41) is 19.7. The van der Waals surface area contributed by atoms with Gasteiger partial charge in [0.1, 0.15) is 22.7 Å². The van der Waals surface area contributed by atoms with E-state index in [0.717, 1.165) is 6.08 Å². The number of benzene rings is 1. The normalized spacial score (nSPS) is 12.4. The van der Waals surface area contributed by atoms with Crippen LogP contribution in [0.2, 0.25) is 0 Å². The van der Waals surface area contributed by atoms with Crippen molar-refractivity contribution in [3.63, 3.8) is 0 Å². The molecule has 168 valence electrons. The van der Waals surface area contributed by atoms with Crippen LogP contribution >= 0.6 is 0 Å². The average Bonchev–Trinajstić information content (AvgIpc) is 2.61. The quantitative estimate of drug-likeness (QED) is 0.508. The molecule has 0 amide bonds. The van der Waals surface area contributed by atoms with Crippen molar-refractivity contribution in [1.82, 2.24) is 0 Å². The first-order valence-electron chi connectivity index (χ1n) is 9.44. The predicted molar refractivity (Wildman–Crippen MR) is 111 cm³/mol. The van der Waals surface area contributed by atoms with E-state index in [1.54, 1.807) is 41.5 Å². The molecule has 0 bridgehead atoms. The van der Waals surface area contributed by atoms with Crippen molar-refractivity contribution in [3.8, 4) is 11.5 Å². The van der Waals surface area contributed by atoms with Crippen LogP contribution in [-0.4, -0.2) is 47.6 Å². The molecule has 0 unspecified atom stereocenters. The first-order valence-corrected chi connectivity index (χ1v) is 9.44. The molecule has 0 aromatic heterocycles. The van der Waals surface area contributed by atoms with Crippen LogP contribution in [0, 0.1) is 0 Å². The van der Waals surface area contributed by atoms with Gasteiger partial charge < -0.3 is 29.2 Å². The molecule has 0 aliphatic heterocycles. The number of rotatable bonds is 7. The highest BCUT2D eigenvalue weighted by Gasteiger charge is 2.30. The Labute approximate surface area is 177 Å². The number of ether oxygens (including phenoxy) is 4. The third-order valence-electron chi connectivity index (χ3n) is 3.73. The van der Waals surface area contributed by atoms with E-state index in [9.17, 15) is 19.8 Å². The van der Waals surface area contributed by atoms with Gasteiger partial charge in [0, 0.05) is 22.8 Å². The van der Waals surface area contributed by atoms with E-state index in [1.807, 2.05) is 0 Å². The summed E-state index contributed by atoms with van der Waals surface area (Å²) in [5.74, 6) is -1.24. The number of carbonyl (C=O) groups excluding carboxylic acids is 2. The summed E-state index contributed by atoms with van der Waals surface area (Å²) < 4.78 is 21.5. The lowest BCUT2D eigenvalue weighted by atomic mass is 9.94. The van der Waals surface area contributed by atoms with Crippen LogP contribution in [0.4, 0.5) is 0 Å². The standard InChI is InChI=1S/C22H32O8/c1-21(2,3)29-17(25)10-14(20(26)30-22(4,5)6)18-15(12-24)19(28-8)13(11-23)9-16(18)27-7/h9-10,23-24H,11-12H2,1-8H3/b14-10+. The summed E-state index contributed by atoms with van der Waals surface area (Å²) in [6, 6.07) is 1.47. The Kier molecular flexibility index (Phi) is 8.44. The second kappa shape index (κ2) is 9.95. The van der Waals surface area contributed by atoms with Gasteiger partial charge in [-0.15, -0.1) is 0 Å². The minimum Gasteiger partial charge on any atom is -0.496 e. The maximum atomic E-state index is 13.0. The van der Waals surface area contributed by atoms with Crippen molar-refractivity contribution in [1.29, 1.82) is 0 Å². The fourth-order valence-corrected chi connectivity index (χ4v) is 2.75. The van der Waals surface area contributed by atoms with Gasteiger partial charge in [0.15, 0.2) is 0 Å². The molecule has 8 heteroatoms. The van der Waals surface area contributed by atoms with Crippen molar-refractivity contribution in [3.05, 3.63) is 28.8 Å².